The number of aliphatic hydroxyl groups is 1. The highest BCUT2D eigenvalue weighted by Crippen LogP contribution is 2.30. The van der Waals surface area contributed by atoms with Gasteiger partial charge in [-0.25, -0.2) is 0 Å². The van der Waals surface area contributed by atoms with E-state index in [9.17, 15) is 5.11 Å². The lowest BCUT2D eigenvalue weighted by atomic mass is 10.1. The van der Waals surface area contributed by atoms with E-state index >= 15 is 0 Å². The summed E-state index contributed by atoms with van der Waals surface area (Å²) in [5.74, 6) is 0. The third kappa shape index (κ3) is 1.64. The van der Waals surface area contributed by atoms with Gasteiger partial charge < -0.3 is 5.11 Å². The van der Waals surface area contributed by atoms with Crippen LogP contribution in [0.15, 0.2) is 29.6 Å². The molecule has 0 aliphatic carbocycles. The summed E-state index contributed by atoms with van der Waals surface area (Å²) in [4.78, 5) is 0. The first-order valence-electron chi connectivity index (χ1n) is 4.03. The van der Waals surface area contributed by atoms with Gasteiger partial charge in [-0.2, -0.15) is 0 Å². The molecule has 0 saturated heterocycles. The van der Waals surface area contributed by atoms with E-state index in [2.05, 4.69) is 22.0 Å². The van der Waals surface area contributed by atoms with Gasteiger partial charge in [0.05, 0.1) is 6.10 Å². The lowest BCUT2D eigenvalue weighted by Gasteiger charge is -2.04. The van der Waals surface area contributed by atoms with Crippen LogP contribution in [0.4, 0.5) is 0 Å². The number of rotatable bonds is 2. The first-order chi connectivity index (χ1) is 6.33. The van der Waals surface area contributed by atoms with Gasteiger partial charge in [0.15, 0.2) is 0 Å². The number of alkyl halides is 1. The number of hydrogen-bond donors (Lipinski definition) is 1. The van der Waals surface area contributed by atoms with E-state index in [-0.39, 0.29) is 0 Å². The van der Waals surface area contributed by atoms with Crippen molar-refractivity contribution in [3.05, 3.63) is 35.2 Å². The van der Waals surface area contributed by atoms with Gasteiger partial charge in [0, 0.05) is 10.0 Å². The van der Waals surface area contributed by atoms with Crippen molar-refractivity contribution in [2.45, 2.75) is 6.10 Å². The second-order valence-electron chi connectivity index (χ2n) is 2.86. The highest BCUT2D eigenvalue weighted by Gasteiger charge is 2.10. The SMILES string of the molecule is OC(CBr)c1csc2ccccc12. The molecular formula is C10H9BrOS. The second-order valence-corrected chi connectivity index (χ2v) is 4.42. The van der Waals surface area contributed by atoms with Gasteiger partial charge in [-0.05, 0) is 22.4 Å². The summed E-state index contributed by atoms with van der Waals surface area (Å²) in [7, 11) is 0. The van der Waals surface area contributed by atoms with Crippen molar-refractivity contribution < 1.29 is 5.11 Å². The molecule has 2 rings (SSSR count). The molecule has 3 heteroatoms. The summed E-state index contributed by atoms with van der Waals surface area (Å²) in [5.41, 5.74) is 1.03. The summed E-state index contributed by atoms with van der Waals surface area (Å²) < 4.78 is 1.23. The van der Waals surface area contributed by atoms with Crippen LogP contribution in [0.5, 0.6) is 0 Å². The Morgan fingerprint density at radius 2 is 2.15 bits per heavy atom. The number of thiophene rings is 1. The molecule has 0 fully saturated rings. The van der Waals surface area contributed by atoms with Crippen LogP contribution in [0.1, 0.15) is 11.7 Å². The summed E-state index contributed by atoms with van der Waals surface area (Å²) >= 11 is 4.95. The number of fused-ring (bicyclic) bond motifs is 1. The average molecular weight is 257 g/mol. The molecule has 0 aliphatic heterocycles. The second kappa shape index (κ2) is 3.78. The lowest BCUT2D eigenvalue weighted by molar-refractivity contribution is 0.207. The Labute approximate surface area is 89.1 Å². The molecule has 0 bridgehead atoms. The highest BCUT2D eigenvalue weighted by atomic mass is 79.9. The molecule has 0 saturated carbocycles. The van der Waals surface area contributed by atoms with E-state index in [4.69, 9.17) is 0 Å². The molecule has 13 heavy (non-hydrogen) atoms. The predicted molar refractivity (Wildman–Crippen MR) is 60.6 cm³/mol. The largest absolute Gasteiger partial charge is 0.387 e. The number of aliphatic hydroxyl groups excluding tert-OH is 1. The molecule has 1 aromatic carbocycles. The van der Waals surface area contributed by atoms with Crippen LogP contribution in [0.2, 0.25) is 0 Å². The van der Waals surface area contributed by atoms with Crippen molar-refractivity contribution in [1.82, 2.24) is 0 Å². The van der Waals surface area contributed by atoms with Crippen molar-refractivity contribution in [2.24, 2.45) is 0 Å². The van der Waals surface area contributed by atoms with Crippen LogP contribution in [0, 0.1) is 0 Å². The van der Waals surface area contributed by atoms with E-state index in [0.29, 0.717) is 5.33 Å². The smallest absolute Gasteiger partial charge is 0.0900 e. The average Bonchev–Trinajstić information content (AvgIpc) is 2.60. The maximum Gasteiger partial charge on any atom is 0.0900 e. The van der Waals surface area contributed by atoms with E-state index in [1.165, 1.54) is 10.1 Å². The highest BCUT2D eigenvalue weighted by molar-refractivity contribution is 9.09. The summed E-state index contributed by atoms with van der Waals surface area (Å²) in [6.07, 6.45) is -0.392. The quantitative estimate of drug-likeness (QED) is 0.818. The van der Waals surface area contributed by atoms with Crippen LogP contribution < -0.4 is 0 Å². The van der Waals surface area contributed by atoms with Crippen molar-refractivity contribution in [2.75, 3.05) is 5.33 Å². The Morgan fingerprint density at radius 3 is 2.92 bits per heavy atom. The fourth-order valence-electron chi connectivity index (χ4n) is 1.34. The minimum absolute atomic E-state index is 0.392. The van der Waals surface area contributed by atoms with Crippen molar-refractivity contribution in [3.63, 3.8) is 0 Å². The van der Waals surface area contributed by atoms with Crippen molar-refractivity contribution in [1.29, 1.82) is 0 Å². The van der Waals surface area contributed by atoms with Gasteiger partial charge in [-0.3, -0.25) is 0 Å². The lowest BCUT2D eigenvalue weighted by Crippen LogP contribution is -1.95. The normalized spacial score (nSPS) is 13.4. The summed E-state index contributed by atoms with van der Waals surface area (Å²) in [5, 5.41) is 13.5. The Bertz CT molecular complexity index is 410. The zero-order valence-corrected chi connectivity index (χ0v) is 9.31. The number of halogens is 1. The zero-order valence-electron chi connectivity index (χ0n) is 6.90. The molecular weight excluding hydrogens is 248 g/mol. The third-order valence-electron chi connectivity index (χ3n) is 2.02. The molecule has 0 spiro atoms. The fourth-order valence-corrected chi connectivity index (χ4v) is 2.70. The van der Waals surface area contributed by atoms with Gasteiger partial charge >= 0.3 is 0 Å². The summed E-state index contributed by atoms with van der Waals surface area (Å²) in [6.45, 7) is 0. The van der Waals surface area contributed by atoms with Crippen molar-refractivity contribution in [3.8, 4) is 0 Å². The maximum absolute atomic E-state index is 9.68. The first-order valence-corrected chi connectivity index (χ1v) is 6.03. The van der Waals surface area contributed by atoms with Gasteiger partial charge in [0.2, 0.25) is 0 Å². The monoisotopic (exact) mass is 256 g/mol. The van der Waals surface area contributed by atoms with E-state index in [1.54, 1.807) is 11.3 Å². The molecule has 1 atom stereocenters. The molecule has 68 valence electrons. The Hall–Kier alpha value is -0.380. The fraction of sp³-hybridized carbons (Fsp3) is 0.200. The Kier molecular flexibility index (Phi) is 2.67. The maximum atomic E-state index is 9.68. The molecule has 1 unspecified atom stereocenters. The standard InChI is InChI=1S/C10H9BrOS/c11-5-9(12)8-6-13-10-4-2-1-3-7(8)10/h1-4,6,9,12H,5H2. The van der Waals surface area contributed by atoms with Gasteiger partial charge in [-0.1, -0.05) is 34.1 Å². The minimum atomic E-state index is -0.392. The minimum Gasteiger partial charge on any atom is -0.387 e. The van der Waals surface area contributed by atoms with Crippen LogP contribution in [0.3, 0.4) is 0 Å². The molecule has 1 heterocycles. The molecule has 0 radical (unpaired) electrons. The van der Waals surface area contributed by atoms with E-state index in [0.717, 1.165) is 5.56 Å². The van der Waals surface area contributed by atoms with Crippen LogP contribution in [-0.2, 0) is 0 Å². The molecule has 1 N–H and O–H groups in total. The van der Waals surface area contributed by atoms with E-state index in [1.807, 2.05) is 23.6 Å². The van der Waals surface area contributed by atoms with Crippen molar-refractivity contribution >= 4 is 37.4 Å². The zero-order chi connectivity index (χ0) is 9.26. The van der Waals surface area contributed by atoms with E-state index < -0.39 is 6.10 Å². The first kappa shape index (κ1) is 9.19. The van der Waals surface area contributed by atoms with Crippen LogP contribution >= 0.6 is 27.3 Å². The summed E-state index contributed by atoms with van der Waals surface area (Å²) in [6, 6.07) is 8.14. The molecule has 0 amide bonds. The predicted octanol–water partition coefficient (Wildman–Crippen LogP) is 3.33. The van der Waals surface area contributed by atoms with Crippen LogP contribution in [-0.4, -0.2) is 10.4 Å². The molecule has 2 aromatic rings. The van der Waals surface area contributed by atoms with Gasteiger partial charge in [0.1, 0.15) is 0 Å². The molecule has 1 nitrogen and oxygen atoms in total. The number of hydrogen-bond acceptors (Lipinski definition) is 2. The molecule has 0 aliphatic rings. The van der Waals surface area contributed by atoms with Gasteiger partial charge in [0.25, 0.3) is 0 Å². The van der Waals surface area contributed by atoms with Crippen LogP contribution in [0.25, 0.3) is 10.1 Å². The number of benzene rings is 1. The van der Waals surface area contributed by atoms with Gasteiger partial charge in [-0.15, -0.1) is 11.3 Å². The Balaban J connectivity index is 2.57. The molecule has 1 aromatic heterocycles. The Morgan fingerprint density at radius 1 is 1.38 bits per heavy atom. The third-order valence-corrected chi connectivity index (χ3v) is 3.61. The topological polar surface area (TPSA) is 20.2 Å².